The van der Waals surface area contributed by atoms with Gasteiger partial charge in [-0.05, 0) is 35.1 Å². The molecule has 0 spiro atoms. The lowest BCUT2D eigenvalue weighted by Crippen LogP contribution is -2.53. The highest BCUT2D eigenvalue weighted by atomic mass is 16.6. The van der Waals surface area contributed by atoms with Crippen LogP contribution in [0.15, 0.2) is 61.2 Å². The number of hydrogen-bond acceptors (Lipinski definition) is 5. The SMILES string of the molecule is C=CC1CC1(NC(=O)C1CC(N)CN1C(=O)OCC1c2ccccc2-c2ccccc21)C(=O)O. The van der Waals surface area contributed by atoms with E-state index in [2.05, 4.69) is 24.0 Å². The van der Waals surface area contributed by atoms with E-state index >= 15 is 0 Å². The minimum absolute atomic E-state index is 0.102. The van der Waals surface area contributed by atoms with Gasteiger partial charge in [0.1, 0.15) is 18.2 Å². The molecule has 0 radical (unpaired) electrons. The normalized spacial score (nSPS) is 27.0. The van der Waals surface area contributed by atoms with Gasteiger partial charge < -0.3 is 20.9 Å². The molecule has 4 unspecified atom stereocenters. The minimum Gasteiger partial charge on any atom is -0.479 e. The van der Waals surface area contributed by atoms with Crippen LogP contribution < -0.4 is 11.1 Å². The molecule has 4 atom stereocenters. The van der Waals surface area contributed by atoms with Crippen molar-refractivity contribution in [2.75, 3.05) is 13.2 Å². The van der Waals surface area contributed by atoms with Gasteiger partial charge in [-0.2, -0.15) is 0 Å². The summed E-state index contributed by atoms with van der Waals surface area (Å²) in [5.74, 6) is -2.09. The van der Waals surface area contributed by atoms with Crippen LogP contribution in [0.2, 0.25) is 0 Å². The Morgan fingerprint density at radius 1 is 1.15 bits per heavy atom. The molecule has 0 aromatic heterocycles. The van der Waals surface area contributed by atoms with Crippen molar-refractivity contribution in [3.05, 3.63) is 72.3 Å². The monoisotopic (exact) mass is 461 g/mol. The van der Waals surface area contributed by atoms with Crippen LogP contribution in [0.3, 0.4) is 0 Å². The average Bonchev–Trinajstić information content (AvgIpc) is 3.27. The van der Waals surface area contributed by atoms with E-state index in [4.69, 9.17) is 10.5 Å². The van der Waals surface area contributed by atoms with Crippen molar-refractivity contribution < 1.29 is 24.2 Å². The van der Waals surface area contributed by atoms with E-state index in [9.17, 15) is 19.5 Å². The molecule has 8 nitrogen and oxygen atoms in total. The Balaban J connectivity index is 1.29. The summed E-state index contributed by atoms with van der Waals surface area (Å²) in [5.41, 5.74) is 9.14. The molecule has 0 bridgehead atoms. The van der Waals surface area contributed by atoms with E-state index < -0.39 is 35.6 Å². The molecule has 5 rings (SSSR count). The van der Waals surface area contributed by atoms with Gasteiger partial charge >= 0.3 is 12.1 Å². The van der Waals surface area contributed by atoms with Crippen molar-refractivity contribution in [2.24, 2.45) is 11.7 Å². The molecule has 2 amide bonds. The molecule has 2 fully saturated rings. The summed E-state index contributed by atoms with van der Waals surface area (Å²) in [6, 6.07) is 14.8. The van der Waals surface area contributed by atoms with Gasteiger partial charge in [0.05, 0.1) is 0 Å². The molecule has 1 saturated heterocycles. The fourth-order valence-electron chi connectivity index (χ4n) is 5.31. The van der Waals surface area contributed by atoms with E-state index in [0.717, 1.165) is 22.3 Å². The van der Waals surface area contributed by atoms with Crippen LogP contribution in [0.4, 0.5) is 4.79 Å². The van der Waals surface area contributed by atoms with Gasteiger partial charge in [-0.25, -0.2) is 9.59 Å². The van der Waals surface area contributed by atoms with Crippen LogP contribution in [0, 0.1) is 5.92 Å². The first-order valence-electron chi connectivity index (χ1n) is 11.4. The number of aliphatic carboxylic acids is 1. The second kappa shape index (κ2) is 8.29. The third kappa shape index (κ3) is 3.54. The van der Waals surface area contributed by atoms with Gasteiger partial charge in [0.2, 0.25) is 5.91 Å². The summed E-state index contributed by atoms with van der Waals surface area (Å²) in [6.45, 7) is 3.93. The van der Waals surface area contributed by atoms with Crippen molar-refractivity contribution in [1.29, 1.82) is 0 Å². The Kier molecular flexibility index (Phi) is 5.40. The van der Waals surface area contributed by atoms with E-state index in [1.54, 1.807) is 0 Å². The minimum atomic E-state index is -1.36. The molecule has 4 N–H and O–H groups in total. The standard InChI is InChI=1S/C26H27N3O5/c1-2-15-12-26(15,24(31)32)28-23(30)22-11-16(27)13-29(22)25(33)34-14-21-19-9-5-3-7-17(19)18-8-4-6-10-20(18)21/h2-10,15-16,21-22H,1,11-14,27H2,(H,28,30)(H,31,32). The first-order chi connectivity index (χ1) is 16.4. The Labute approximate surface area is 197 Å². The van der Waals surface area contributed by atoms with Crippen LogP contribution in [0.25, 0.3) is 11.1 Å². The number of carboxylic acid groups (broad SMARTS) is 1. The number of benzene rings is 2. The molecule has 176 valence electrons. The van der Waals surface area contributed by atoms with Gasteiger partial charge in [-0.15, -0.1) is 6.58 Å². The highest BCUT2D eigenvalue weighted by Gasteiger charge is 2.61. The fourth-order valence-corrected chi connectivity index (χ4v) is 5.31. The highest BCUT2D eigenvalue weighted by Crippen LogP contribution is 2.45. The van der Waals surface area contributed by atoms with Crippen LogP contribution in [-0.4, -0.2) is 58.8 Å². The molecule has 2 aliphatic carbocycles. The van der Waals surface area contributed by atoms with Crippen LogP contribution >= 0.6 is 0 Å². The van der Waals surface area contributed by atoms with Crippen LogP contribution in [0.5, 0.6) is 0 Å². The molecule has 8 heteroatoms. The Bertz CT molecular complexity index is 1140. The van der Waals surface area contributed by atoms with Gasteiger partial charge in [0.25, 0.3) is 0 Å². The van der Waals surface area contributed by atoms with Crippen molar-refractivity contribution >= 4 is 18.0 Å². The molecule has 2 aromatic rings. The second-order valence-corrected chi connectivity index (χ2v) is 9.28. The molecular weight excluding hydrogens is 434 g/mol. The summed E-state index contributed by atoms with van der Waals surface area (Å²) in [4.78, 5) is 39.1. The van der Waals surface area contributed by atoms with Crippen molar-refractivity contribution in [1.82, 2.24) is 10.2 Å². The summed E-state index contributed by atoms with van der Waals surface area (Å²) in [5, 5.41) is 12.2. The van der Waals surface area contributed by atoms with Gasteiger partial charge in [0, 0.05) is 24.4 Å². The second-order valence-electron chi connectivity index (χ2n) is 9.28. The smallest absolute Gasteiger partial charge is 0.410 e. The number of likely N-dealkylation sites (tertiary alicyclic amines) is 1. The number of carbonyl (C=O) groups is 3. The first kappa shape index (κ1) is 22.2. The predicted octanol–water partition coefficient (Wildman–Crippen LogP) is 2.48. The summed E-state index contributed by atoms with van der Waals surface area (Å²) >= 11 is 0. The predicted molar refractivity (Wildman–Crippen MR) is 125 cm³/mol. The number of amides is 2. The summed E-state index contributed by atoms with van der Waals surface area (Å²) in [7, 11) is 0. The number of hydrogen-bond donors (Lipinski definition) is 3. The number of carboxylic acids is 1. The molecule has 1 aliphatic heterocycles. The molecule has 3 aliphatic rings. The van der Waals surface area contributed by atoms with Crippen molar-refractivity contribution in [3.8, 4) is 11.1 Å². The van der Waals surface area contributed by atoms with Crippen LogP contribution in [-0.2, 0) is 14.3 Å². The van der Waals surface area contributed by atoms with E-state index in [0.29, 0.717) is 0 Å². The number of rotatable bonds is 6. The number of nitrogens with zero attached hydrogens (tertiary/aromatic N) is 1. The van der Waals surface area contributed by atoms with Crippen LogP contribution in [0.1, 0.15) is 29.9 Å². The molecule has 34 heavy (non-hydrogen) atoms. The number of ether oxygens (including phenoxy) is 1. The zero-order valence-electron chi connectivity index (χ0n) is 18.6. The maximum absolute atomic E-state index is 13.1. The summed E-state index contributed by atoms with van der Waals surface area (Å²) < 4.78 is 5.71. The van der Waals surface area contributed by atoms with Gasteiger partial charge in [0.15, 0.2) is 0 Å². The number of nitrogens with two attached hydrogens (primary N) is 1. The van der Waals surface area contributed by atoms with Gasteiger partial charge in [-0.1, -0.05) is 54.6 Å². The fraction of sp³-hybridized carbons (Fsp3) is 0.346. The van der Waals surface area contributed by atoms with Gasteiger partial charge in [-0.3, -0.25) is 9.69 Å². The maximum Gasteiger partial charge on any atom is 0.410 e. The lowest BCUT2D eigenvalue weighted by molar-refractivity contribution is -0.144. The molecule has 1 saturated carbocycles. The molecular formula is C26H27N3O5. The zero-order valence-corrected chi connectivity index (χ0v) is 18.6. The molecule has 1 heterocycles. The first-order valence-corrected chi connectivity index (χ1v) is 11.4. The number of nitrogens with one attached hydrogen (secondary N) is 1. The number of carbonyl (C=O) groups excluding carboxylic acids is 2. The Hall–Kier alpha value is -3.65. The lowest BCUT2D eigenvalue weighted by atomic mass is 9.98. The maximum atomic E-state index is 13.1. The Morgan fingerprint density at radius 3 is 2.32 bits per heavy atom. The van der Waals surface area contributed by atoms with Crippen molar-refractivity contribution in [3.63, 3.8) is 0 Å². The third-order valence-corrected chi connectivity index (χ3v) is 7.23. The number of fused-ring (bicyclic) bond motifs is 3. The summed E-state index contributed by atoms with van der Waals surface area (Å²) in [6.07, 6.45) is 1.42. The largest absolute Gasteiger partial charge is 0.479 e. The van der Waals surface area contributed by atoms with E-state index in [1.165, 1.54) is 11.0 Å². The Morgan fingerprint density at radius 2 is 1.76 bits per heavy atom. The topological polar surface area (TPSA) is 122 Å². The van der Waals surface area contributed by atoms with E-state index in [1.807, 2.05) is 36.4 Å². The average molecular weight is 462 g/mol. The third-order valence-electron chi connectivity index (χ3n) is 7.23. The highest BCUT2D eigenvalue weighted by molar-refractivity contribution is 5.94. The molecule has 2 aromatic carbocycles. The zero-order chi connectivity index (χ0) is 24.0. The van der Waals surface area contributed by atoms with E-state index in [-0.39, 0.29) is 37.8 Å². The lowest BCUT2D eigenvalue weighted by Gasteiger charge is -2.26. The van der Waals surface area contributed by atoms with Crippen molar-refractivity contribution in [2.45, 2.75) is 36.4 Å². The quantitative estimate of drug-likeness (QED) is 0.568.